The molecule has 1 amide bonds. The fourth-order valence-corrected chi connectivity index (χ4v) is 2.85. The summed E-state index contributed by atoms with van der Waals surface area (Å²) in [4.78, 5) is 14.3. The number of hydrogen-bond acceptors (Lipinski definition) is 2. The normalized spacial score (nSPS) is 15.3. The number of carbonyl (C=O) groups excluding carboxylic acids is 1. The summed E-state index contributed by atoms with van der Waals surface area (Å²) in [5.41, 5.74) is 0.987. The van der Waals surface area contributed by atoms with Crippen molar-refractivity contribution in [3.63, 3.8) is 0 Å². The molecule has 0 aromatic heterocycles. The second-order valence-electron chi connectivity index (χ2n) is 5.47. The topological polar surface area (TPSA) is 32.3 Å². The van der Waals surface area contributed by atoms with E-state index in [1.165, 1.54) is 31.4 Å². The Morgan fingerprint density at radius 3 is 2.43 bits per heavy atom. The molecule has 21 heavy (non-hydrogen) atoms. The molecule has 3 nitrogen and oxygen atoms in total. The van der Waals surface area contributed by atoms with E-state index >= 15 is 0 Å². The average molecular weight is 315 g/mol. The van der Waals surface area contributed by atoms with Gasteiger partial charge in [-0.25, -0.2) is 4.39 Å². The fraction of sp³-hybridized carbons (Fsp3) is 0.562. The molecule has 118 valence electrons. The van der Waals surface area contributed by atoms with Crippen LogP contribution in [0.15, 0.2) is 24.3 Å². The van der Waals surface area contributed by atoms with E-state index in [1.54, 1.807) is 19.2 Å². The van der Waals surface area contributed by atoms with Gasteiger partial charge in [-0.1, -0.05) is 31.4 Å². The molecule has 1 aromatic rings. The van der Waals surface area contributed by atoms with Gasteiger partial charge in [-0.15, -0.1) is 12.4 Å². The first-order valence-electron chi connectivity index (χ1n) is 7.39. The number of hydrogen-bond donors (Lipinski definition) is 1. The van der Waals surface area contributed by atoms with Gasteiger partial charge < -0.3 is 10.2 Å². The van der Waals surface area contributed by atoms with Gasteiger partial charge in [-0.3, -0.25) is 4.79 Å². The summed E-state index contributed by atoms with van der Waals surface area (Å²) in [6, 6.07) is 6.76. The number of carbonyl (C=O) groups is 1. The Balaban J connectivity index is 0.00000220. The second-order valence-corrected chi connectivity index (χ2v) is 5.47. The van der Waals surface area contributed by atoms with Crippen LogP contribution in [0.4, 0.5) is 4.39 Å². The Bertz CT molecular complexity index is 432. The molecule has 1 aliphatic rings. The van der Waals surface area contributed by atoms with Crippen LogP contribution in [0.25, 0.3) is 0 Å². The standard InChI is InChI=1S/C16H23FN2O.ClH/c1-18-11-16(20)19(15-5-3-2-4-6-15)12-13-7-9-14(17)10-8-13;/h7-10,15,18H,2-6,11-12H2,1H3;1H. The first-order valence-corrected chi connectivity index (χ1v) is 7.39. The van der Waals surface area contributed by atoms with Crippen LogP contribution in [0.3, 0.4) is 0 Å². The Hall–Kier alpha value is -1.13. The Kier molecular flexibility index (Phi) is 7.68. The van der Waals surface area contributed by atoms with E-state index in [-0.39, 0.29) is 24.1 Å². The molecule has 0 atom stereocenters. The van der Waals surface area contributed by atoms with Crippen LogP contribution >= 0.6 is 12.4 Å². The summed E-state index contributed by atoms with van der Waals surface area (Å²) >= 11 is 0. The summed E-state index contributed by atoms with van der Waals surface area (Å²) in [6.07, 6.45) is 5.81. The van der Waals surface area contributed by atoms with Gasteiger partial charge in [0.2, 0.25) is 5.91 Å². The summed E-state index contributed by atoms with van der Waals surface area (Å²) in [5, 5.41) is 2.93. The maximum atomic E-state index is 13.0. The molecule has 2 rings (SSSR count). The number of amides is 1. The smallest absolute Gasteiger partial charge is 0.237 e. The van der Waals surface area contributed by atoms with E-state index in [4.69, 9.17) is 0 Å². The number of nitrogens with zero attached hydrogens (tertiary/aromatic N) is 1. The third-order valence-electron chi connectivity index (χ3n) is 3.93. The molecule has 0 unspecified atom stereocenters. The van der Waals surface area contributed by atoms with Crippen LogP contribution in [-0.4, -0.2) is 30.4 Å². The molecule has 0 saturated heterocycles. The van der Waals surface area contributed by atoms with Crippen LogP contribution in [0.1, 0.15) is 37.7 Å². The van der Waals surface area contributed by atoms with Crippen molar-refractivity contribution in [2.45, 2.75) is 44.7 Å². The highest BCUT2D eigenvalue weighted by molar-refractivity contribution is 5.85. The molecular formula is C16H24ClFN2O. The molecular weight excluding hydrogens is 291 g/mol. The molecule has 1 aliphatic carbocycles. The Morgan fingerprint density at radius 1 is 1.24 bits per heavy atom. The van der Waals surface area contributed by atoms with E-state index in [1.807, 2.05) is 4.90 Å². The maximum Gasteiger partial charge on any atom is 0.237 e. The van der Waals surface area contributed by atoms with Crippen LogP contribution < -0.4 is 5.32 Å². The highest BCUT2D eigenvalue weighted by atomic mass is 35.5. The molecule has 1 aromatic carbocycles. The monoisotopic (exact) mass is 314 g/mol. The van der Waals surface area contributed by atoms with E-state index in [0.717, 1.165) is 18.4 Å². The molecule has 0 spiro atoms. The van der Waals surface area contributed by atoms with Gasteiger partial charge in [0.1, 0.15) is 5.82 Å². The molecule has 0 heterocycles. The number of nitrogens with one attached hydrogen (secondary N) is 1. The molecule has 1 N–H and O–H groups in total. The summed E-state index contributed by atoms with van der Waals surface area (Å²) in [5.74, 6) is -0.108. The summed E-state index contributed by atoms with van der Waals surface area (Å²) in [7, 11) is 1.79. The van der Waals surface area contributed by atoms with Crippen LogP contribution in [-0.2, 0) is 11.3 Å². The first-order chi connectivity index (χ1) is 9.70. The zero-order valence-electron chi connectivity index (χ0n) is 12.5. The van der Waals surface area contributed by atoms with Crippen molar-refractivity contribution < 1.29 is 9.18 Å². The van der Waals surface area contributed by atoms with Crippen molar-refractivity contribution in [3.05, 3.63) is 35.6 Å². The third kappa shape index (κ3) is 5.29. The van der Waals surface area contributed by atoms with E-state index in [2.05, 4.69) is 5.32 Å². The minimum Gasteiger partial charge on any atom is -0.334 e. The molecule has 1 fully saturated rings. The summed E-state index contributed by atoms with van der Waals surface area (Å²) in [6.45, 7) is 0.934. The Labute approximate surface area is 132 Å². The highest BCUT2D eigenvalue weighted by Gasteiger charge is 2.24. The first kappa shape index (κ1) is 17.9. The largest absolute Gasteiger partial charge is 0.334 e. The lowest BCUT2D eigenvalue weighted by Crippen LogP contribution is -2.44. The molecule has 0 aliphatic heterocycles. The van der Waals surface area contributed by atoms with E-state index in [0.29, 0.717) is 19.1 Å². The van der Waals surface area contributed by atoms with Crippen molar-refractivity contribution in [2.75, 3.05) is 13.6 Å². The van der Waals surface area contributed by atoms with Gasteiger partial charge in [-0.05, 0) is 37.6 Å². The zero-order valence-corrected chi connectivity index (χ0v) is 13.3. The number of likely N-dealkylation sites (N-methyl/N-ethyl adjacent to an activating group) is 1. The molecule has 0 bridgehead atoms. The third-order valence-corrected chi connectivity index (χ3v) is 3.93. The summed E-state index contributed by atoms with van der Waals surface area (Å²) < 4.78 is 13.0. The van der Waals surface area contributed by atoms with Crippen molar-refractivity contribution in [2.24, 2.45) is 0 Å². The van der Waals surface area contributed by atoms with Crippen molar-refractivity contribution in [3.8, 4) is 0 Å². The van der Waals surface area contributed by atoms with Gasteiger partial charge in [0, 0.05) is 12.6 Å². The van der Waals surface area contributed by atoms with Gasteiger partial charge >= 0.3 is 0 Å². The van der Waals surface area contributed by atoms with Gasteiger partial charge in [0.05, 0.1) is 6.54 Å². The SMILES string of the molecule is CNCC(=O)N(Cc1ccc(F)cc1)C1CCCCC1.Cl. The number of benzene rings is 1. The number of rotatable bonds is 5. The highest BCUT2D eigenvalue weighted by Crippen LogP contribution is 2.24. The second kappa shape index (κ2) is 9.00. The minimum absolute atomic E-state index is 0. The van der Waals surface area contributed by atoms with Crippen LogP contribution in [0, 0.1) is 5.82 Å². The van der Waals surface area contributed by atoms with Crippen LogP contribution in [0.2, 0.25) is 0 Å². The predicted octanol–water partition coefficient (Wildman–Crippen LogP) is 3.13. The lowest BCUT2D eigenvalue weighted by Gasteiger charge is -2.34. The average Bonchev–Trinajstić information content (AvgIpc) is 2.48. The lowest BCUT2D eigenvalue weighted by molar-refractivity contribution is -0.133. The number of halogens is 2. The molecule has 0 radical (unpaired) electrons. The minimum atomic E-state index is -0.237. The maximum absolute atomic E-state index is 13.0. The van der Waals surface area contributed by atoms with Crippen molar-refractivity contribution >= 4 is 18.3 Å². The quantitative estimate of drug-likeness (QED) is 0.905. The van der Waals surface area contributed by atoms with E-state index < -0.39 is 0 Å². The predicted molar refractivity (Wildman–Crippen MR) is 85.0 cm³/mol. The lowest BCUT2D eigenvalue weighted by atomic mass is 9.93. The van der Waals surface area contributed by atoms with Gasteiger partial charge in [0.15, 0.2) is 0 Å². The molecule has 5 heteroatoms. The fourth-order valence-electron chi connectivity index (χ4n) is 2.85. The zero-order chi connectivity index (χ0) is 14.4. The molecule has 1 saturated carbocycles. The van der Waals surface area contributed by atoms with Gasteiger partial charge in [0.25, 0.3) is 0 Å². The van der Waals surface area contributed by atoms with Gasteiger partial charge in [-0.2, -0.15) is 0 Å². The van der Waals surface area contributed by atoms with Crippen molar-refractivity contribution in [1.82, 2.24) is 10.2 Å². The van der Waals surface area contributed by atoms with Crippen LogP contribution in [0.5, 0.6) is 0 Å². The van der Waals surface area contributed by atoms with E-state index in [9.17, 15) is 9.18 Å². The van der Waals surface area contributed by atoms with Crippen molar-refractivity contribution in [1.29, 1.82) is 0 Å². The Morgan fingerprint density at radius 2 is 1.86 bits per heavy atom.